The Morgan fingerprint density at radius 2 is 1.96 bits per heavy atom. The van der Waals surface area contributed by atoms with Crippen molar-refractivity contribution in [3.8, 4) is 0 Å². The fourth-order valence-electron chi connectivity index (χ4n) is 3.93. The second-order valence-corrected chi connectivity index (χ2v) is 7.87. The van der Waals surface area contributed by atoms with Crippen LogP contribution in [0.25, 0.3) is 0 Å². The average molecular weight is 380 g/mol. The lowest BCUT2D eigenvalue weighted by atomic mass is 9.79. The third-order valence-electron chi connectivity index (χ3n) is 5.73. The van der Waals surface area contributed by atoms with Crippen LogP contribution in [-0.2, 0) is 9.59 Å². The molecule has 7 heteroatoms. The van der Waals surface area contributed by atoms with Crippen molar-refractivity contribution in [3.05, 3.63) is 12.2 Å². The fourth-order valence-corrected chi connectivity index (χ4v) is 3.93. The van der Waals surface area contributed by atoms with E-state index in [1.807, 2.05) is 12.2 Å². The number of nitrogens with one attached hydrogen (secondary N) is 1. The lowest BCUT2D eigenvalue weighted by molar-refractivity contribution is -0.137. The maximum atomic E-state index is 12.1. The van der Waals surface area contributed by atoms with Crippen molar-refractivity contribution in [2.24, 2.45) is 11.8 Å². The van der Waals surface area contributed by atoms with Crippen LogP contribution in [0.1, 0.15) is 64.7 Å². The van der Waals surface area contributed by atoms with Gasteiger partial charge < -0.3 is 15.1 Å². The van der Waals surface area contributed by atoms with Crippen molar-refractivity contribution in [1.82, 2.24) is 10.2 Å². The number of allylic oxidation sites excluding steroid dienone is 1. The summed E-state index contributed by atoms with van der Waals surface area (Å²) in [6, 6.07) is -0.944. The molecule has 2 rings (SSSR count). The van der Waals surface area contributed by atoms with Crippen LogP contribution < -0.4 is 5.32 Å². The van der Waals surface area contributed by atoms with E-state index in [4.69, 9.17) is 5.11 Å². The second-order valence-electron chi connectivity index (χ2n) is 7.87. The highest BCUT2D eigenvalue weighted by molar-refractivity contribution is 6.04. The number of carbonyl (C=O) groups is 3. The van der Waals surface area contributed by atoms with E-state index in [0.29, 0.717) is 32.2 Å². The van der Waals surface area contributed by atoms with E-state index in [2.05, 4.69) is 12.2 Å². The number of carboxylic acids is 1. The molecular weight excluding hydrogens is 348 g/mol. The Labute approximate surface area is 160 Å². The third-order valence-corrected chi connectivity index (χ3v) is 5.73. The maximum absolute atomic E-state index is 12.1. The van der Waals surface area contributed by atoms with E-state index in [1.165, 1.54) is 4.90 Å². The molecule has 2 fully saturated rings. The lowest BCUT2D eigenvalue weighted by Crippen LogP contribution is -2.38. The minimum absolute atomic E-state index is 0.122. The van der Waals surface area contributed by atoms with Gasteiger partial charge in [-0.15, -0.1) is 0 Å². The molecule has 0 spiro atoms. The number of aliphatic hydroxyl groups is 1. The number of aliphatic carboxylic acids is 1. The van der Waals surface area contributed by atoms with Gasteiger partial charge in [0.1, 0.15) is 6.04 Å². The number of carbonyl (C=O) groups excluding carboxylic acids is 2. The zero-order chi connectivity index (χ0) is 19.8. The predicted octanol–water partition coefficient (Wildman–Crippen LogP) is 2.69. The van der Waals surface area contributed by atoms with Gasteiger partial charge in [-0.05, 0) is 50.4 Å². The first-order valence-electron chi connectivity index (χ1n) is 10.0. The van der Waals surface area contributed by atoms with E-state index in [9.17, 15) is 19.5 Å². The van der Waals surface area contributed by atoms with Gasteiger partial charge in [-0.25, -0.2) is 4.79 Å². The van der Waals surface area contributed by atoms with Crippen LogP contribution >= 0.6 is 0 Å². The number of rotatable bonds is 10. The molecule has 1 saturated heterocycles. The van der Waals surface area contributed by atoms with Crippen LogP contribution in [0.5, 0.6) is 0 Å². The normalized spacial score (nSPS) is 27.2. The number of hydrogen-bond donors (Lipinski definition) is 3. The van der Waals surface area contributed by atoms with Crippen molar-refractivity contribution < 1.29 is 24.6 Å². The number of carboxylic acid groups (broad SMARTS) is 1. The molecule has 0 radical (unpaired) electrons. The van der Waals surface area contributed by atoms with Crippen LogP contribution in [-0.4, -0.2) is 51.7 Å². The van der Waals surface area contributed by atoms with Gasteiger partial charge >= 0.3 is 12.0 Å². The molecular formula is C20H32N2O5. The van der Waals surface area contributed by atoms with Crippen molar-refractivity contribution in [1.29, 1.82) is 0 Å². The van der Waals surface area contributed by atoms with Crippen molar-refractivity contribution in [2.45, 2.75) is 76.9 Å². The quantitative estimate of drug-likeness (QED) is 0.307. The van der Waals surface area contributed by atoms with E-state index in [-0.39, 0.29) is 18.2 Å². The Kier molecular flexibility index (Phi) is 8.28. The monoisotopic (exact) mass is 380 g/mol. The molecule has 1 heterocycles. The first-order chi connectivity index (χ1) is 12.9. The van der Waals surface area contributed by atoms with E-state index in [1.54, 1.807) is 0 Å². The van der Waals surface area contributed by atoms with Gasteiger partial charge in [0.05, 0.1) is 6.10 Å². The van der Waals surface area contributed by atoms with E-state index >= 15 is 0 Å². The van der Waals surface area contributed by atoms with Crippen molar-refractivity contribution in [2.75, 3.05) is 6.54 Å². The topological polar surface area (TPSA) is 107 Å². The molecule has 2 atom stereocenters. The zero-order valence-corrected chi connectivity index (χ0v) is 16.1. The van der Waals surface area contributed by atoms with E-state index < -0.39 is 24.1 Å². The fraction of sp³-hybridized carbons (Fsp3) is 0.750. The number of aliphatic hydroxyl groups excluding tert-OH is 1. The van der Waals surface area contributed by atoms with Crippen LogP contribution in [0, 0.1) is 11.8 Å². The van der Waals surface area contributed by atoms with E-state index in [0.717, 1.165) is 31.6 Å². The van der Waals surface area contributed by atoms with Gasteiger partial charge in [0.25, 0.3) is 5.91 Å². The second kappa shape index (κ2) is 10.4. The highest BCUT2D eigenvalue weighted by atomic mass is 16.4. The highest BCUT2D eigenvalue weighted by Crippen LogP contribution is 2.31. The van der Waals surface area contributed by atoms with Crippen LogP contribution in [0.4, 0.5) is 4.79 Å². The third kappa shape index (κ3) is 6.65. The first-order valence-corrected chi connectivity index (χ1v) is 10.0. The predicted molar refractivity (Wildman–Crippen MR) is 101 cm³/mol. The largest absolute Gasteiger partial charge is 0.481 e. The summed E-state index contributed by atoms with van der Waals surface area (Å²) in [5.74, 6) is -0.116. The van der Waals surface area contributed by atoms with Gasteiger partial charge in [-0.2, -0.15) is 0 Å². The number of imide groups is 1. The Hall–Kier alpha value is -1.89. The van der Waals surface area contributed by atoms with Gasteiger partial charge in [0, 0.05) is 13.0 Å². The smallest absolute Gasteiger partial charge is 0.324 e. The molecule has 3 amide bonds. The molecule has 2 aliphatic rings. The van der Waals surface area contributed by atoms with Gasteiger partial charge in [-0.3, -0.25) is 14.9 Å². The summed E-state index contributed by atoms with van der Waals surface area (Å²) in [4.78, 5) is 36.1. The molecule has 0 aromatic carbocycles. The van der Waals surface area contributed by atoms with Gasteiger partial charge in [0.2, 0.25) is 0 Å². The number of unbranched alkanes of at least 4 members (excludes halogenated alkanes) is 1. The number of nitrogens with zero attached hydrogens (tertiary/aromatic N) is 1. The van der Waals surface area contributed by atoms with Crippen LogP contribution in [0.3, 0.4) is 0 Å². The maximum Gasteiger partial charge on any atom is 0.324 e. The zero-order valence-electron chi connectivity index (χ0n) is 16.1. The van der Waals surface area contributed by atoms with Crippen molar-refractivity contribution in [3.63, 3.8) is 0 Å². The highest BCUT2D eigenvalue weighted by Gasteiger charge is 2.37. The molecule has 2 unspecified atom stereocenters. The Balaban J connectivity index is 1.78. The molecule has 0 bridgehead atoms. The molecule has 3 N–H and O–H groups in total. The summed E-state index contributed by atoms with van der Waals surface area (Å²) in [5.41, 5.74) is 0. The summed E-state index contributed by atoms with van der Waals surface area (Å²) in [6.07, 6.45) is 9.77. The lowest BCUT2D eigenvalue weighted by Gasteiger charge is -2.31. The first kappa shape index (κ1) is 21.4. The average Bonchev–Trinajstić information content (AvgIpc) is 2.89. The summed E-state index contributed by atoms with van der Waals surface area (Å²) in [6.45, 7) is 2.60. The minimum atomic E-state index is -0.818. The number of amides is 3. The summed E-state index contributed by atoms with van der Waals surface area (Å²) < 4.78 is 0. The molecule has 1 saturated carbocycles. The standard InChI is InChI=1S/C20H32N2O5/c1-14-8-10-15(11-9-14)17(23)12-13-22-16(19(26)21-20(22)27)6-4-2-3-5-7-18(24)25/h2,4,14-17,23H,3,5-13H2,1H3,(H,24,25)(H,21,26,27)/b4-2-/t14-,15+,16?,17?. The Morgan fingerprint density at radius 1 is 1.26 bits per heavy atom. The molecule has 152 valence electrons. The Morgan fingerprint density at radius 3 is 2.63 bits per heavy atom. The molecule has 0 aromatic rings. The summed E-state index contributed by atoms with van der Waals surface area (Å²) in [5, 5.41) is 21.4. The minimum Gasteiger partial charge on any atom is -0.481 e. The summed E-state index contributed by atoms with van der Waals surface area (Å²) >= 11 is 0. The molecule has 27 heavy (non-hydrogen) atoms. The Bertz CT molecular complexity index is 555. The van der Waals surface area contributed by atoms with Gasteiger partial charge in [0.15, 0.2) is 0 Å². The molecule has 0 aromatic heterocycles. The van der Waals surface area contributed by atoms with Crippen LogP contribution in [0.2, 0.25) is 0 Å². The van der Waals surface area contributed by atoms with Crippen molar-refractivity contribution >= 4 is 17.9 Å². The van der Waals surface area contributed by atoms with Gasteiger partial charge in [-0.1, -0.05) is 31.9 Å². The number of hydrogen-bond acceptors (Lipinski definition) is 4. The number of urea groups is 1. The van der Waals surface area contributed by atoms with Crippen LogP contribution in [0.15, 0.2) is 12.2 Å². The summed E-state index contributed by atoms with van der Waals surface area (Å²) in [7, 11) is 0. The molecule has 1 aliphatic heterocycles. The molecule has 1 aliphatic carbocycles. The molecule has 7 nitrogen and oxygen atoms in total. The SMILES string of the molecule is C[C@H]1CC[C@@H](C(O)CCN2C(=O)NC(=O)C2C/C=C\CCCC(=O)O)CC1.